The molecule has 0 fully saturated rings. The summed E-state index contributed by atoms with van der Waals surface area (Å²) in [7, 11) is 0. The molecule has 0 amide bonds. The van der Waals surface area contributed by atoms with Crippen molar-refractivity contribution in [1.82, 2.24) is 0 Å². The van der Waals surface area contributed by atoms with Crippen molar-refractivity contribution >= 4 is 24.2 Å². The van der Waals surface area contributed by atoms with Crippen molar-refractivity contribution in [2.45, 2.75) is 6.61 Å². The first-order chi connectivity index (χ1) is 9.21. The van der Waals surface area contributed by atoms with Crippen molar-refractivity contribution in [3.05, 3.63) is 64.2 Å². The first kappa shape index (κ1) is 13.3. The van der Waals surface area contributed by atoms with Crippen LogP contribution < -0.4 is 4.74 Å². The molecule has 2 rings (SSSR count). The van der Waals surface area contributed by atoms with Crippen LogP contribution in [0.3, 0.4) is 0 Å². The Bertz CT molecular complexity index is 565. The van der Waals surface area contributed by atoms with Crippen LogP contribution in [0.1, 0.15) is 26.3 Å². The molecule has 2 aromatic carbocycles. The highest BCUT2D eigenvalue weighted by Gasteiger charge is 2.02. The average molecular weight is 275 g/mol. The van der Waals surface area contributed by atoms with Gasteiger partial charge in [0.1, 0.15) is 24.9 Å². The number of halogens is 1. The fourth-order valence-corrected chi connectivity index (χ4v) is 1.74. The van der Waals surface area contributed by atoms with Crippen LogP contribution in [0.4, 0.5) is 0 Å². The summed E-state index contributed by atoms with van der Waals surface area (Å²) in [6.07, 6.45) is 1.37. The molecule has 2 aromatic rings. The van der Waals surface area contributed by atoms with Gasteiger partial charge in [0, 0.05) is 16.1 Å². The Morgan fingerprint density at radius 2 is 1.53 bits per heavy atom. The average Bonchev–Trinajstić information content (AvgIpc) is 2.46. The summed E-state index contributed by atoms with van der Waals surface area (Å²) in [4.78, 5) is 21.5. The van der Waals surface area contributed by atoms with Gasteiger partial charge in [0.05, 0.1) is 0 Å². The standard InChI is InChI=1S/C15H11ClO3/c16-14-3-1-11(2-4-14)10-19-15-6-12(8-17)5-13(7-15)9-18/h1-9H,10H2. The molecule has 0 aliphatic carbocycles. The molecule has 0 aliphatic heterocycles. The molecule has 0 atom stereocenters. The summed E-state index contributed by atoms with van der Waals surface area (Å²) in [6, 6.07) is 12.0. The van der Waals surface area contributed by atoms with Gasteiger partial charge in [-0.15, -0.1) is 0 Å². The predicted molar refractivity (Wildman–Crippen MR) is 73.0 cm³/mol. The van der Waals surface area contributed by atoms with E-state index in [1.165, 1.54) is 6.07 Å². The lowest BCUT2D eigenvalue weighted by Crippen LogP contribution is -1.97. The second-order valence-electron chi connectivity index (χ2n) is 3.99. The normalized spacial score (nSPS) is 9.95. The maximum absolute atomic E-state index is 10.8. The van der Waals surface area contributed by atoms with Crippen molar-refractivity contribution in [2.24, 2.45) is 0 Å². The van der Waals surface area contributed by atoms with Gasteiger partial charge in [-0.2, -0.15) is 0 Å². The first-order valence-corrected chi connectivity index (χ1v) is 6.02. The van der Waals surface area contributed by atoms with Gasteiger partial charge in [0.2, 0.25) is 0 Å². The second-order valence-corrected chi connectivity index (χ2v) is 4.42. The minimum atomic E-state index is 0.345. The van der Waals surface area contributed by atoms with Crippen molar-refractivity contribution in [3.8, 4) is 5.75 Å². The molecule has 0 saturated carbocycles. The number of hydrogen-bond acceptors (Lipinski definition) is 3. The zero-order valence-electron chi connectivity index (χ0n) is 10.0. The summed E-state index contributed by atoms with van der Waals surface area (Å²) in [6.45, 7) is 0.345. The summed E-state index contributed by atoms with van der Waals surface area (Å²) >= 11 is 5.79. The first-order valence-electron chi connectivity index (χ1n) is 5.64. The maximum Gasteiger partial charge on any atom is 0.150 e. The minimum Gasteiger partial charge on any atom is -0.489 e. The summed E-state index contributed by atoms with van der Waals surface area (Å²) in [5.74, 6) is 0.488. The van der Waals surface area contributed by atoms with Crippen molar-refractivity contribution in [3.63, 3.8) is 0 Å². The highest BCUT2D eigenvalue weighted by molar-refractivity contribution is 6.30. The molecule has 0 unspecified atom stereocenters. The van der Waals surface area contributed by atoms with Gasteiger partial charge < -0.3 is 4.74 Å². The SMILES string of the molecule is O=Cc1cc(C=O)cc(OCc2ccc(Cl)cc2)c1. The molecule has 0 heterocycles. The third-order valence-electron chi connectivity index (χ3n) is 2.54. The smallest absolute Gasteiger partial charge is 0.150 e. The van der Waals surface area contributed by atoms with Crippen LogP contribution in [0.5, 0.6) is 5.75 Å². The molecule has 0 N–H and O–H groups in total. The molecular formula is C15H11ClO3. The zero-order valence-corrected chi connectivity index (χ0v) is 10.8. The van der Waals surface area contributed by atoms with Gasteiger partial charge in [0.15, 0.2) is 0 Å². The Hall–Kier alpha value is -2.13. The van der Waals surface area contributed by atoms with E-state index in [1.54, 1.807) is 24.3 Å². The number of hydrogen-bond donors (Lipinski definition) is 0. The van der Waals surface area contributed by atoms with E-state index in [0.29, 0.717) is 41.1 Å². The Morgan fingerprint density at radius 1 is 0.947 bits per heavy atom. The van der Waals surface area contributed by atoms with E-state index in [0.717, 1.165) is 5.56 Å². The number of benzene rings is 2. The van der Waals surface area contributed by atoms with Crippen LogP contribution >= 0.6 is 11.6 Å². The van der Waals surface area contributed by atoms with Crippen LogP contribution in [0.25, 0.3) is 0 Å². The lowest BCUT2D eigenvalue weighted by Gasteiger charge is -2.07. The zero-order chi connectivity index (χ0) is 13.7. The highest BCUT2D eigenvalue weighted by atomic mass is 35.5. The van der Waals surface area contributed by atoms with Gasteiger partial charge in [0.25, 0.3) is 0 Å². The molecule has 0 radical (unpaired) electrons. The van der Waals surface area contributed by atoms with E-state index in [1.807, 2.05) is 12.1 Å². The van der Waals surface area contributed by atoms with E-state index in [2.05, 4.69) is 0 Å². The maximum atomic E-state index is 10.8. The topological polar surface area (TPSA) is 43.4 Å². The molecule has 0 bridgehead atoms. The number of ether oxygens (including phenoxy) is 1. The van der Waals surface area contributed by atoms with Gasteiger partial charge in [-0.1, -0.05) is 23.7 Å². The van der Waals surface area contributed by atoms with E-state index >= 15 is 0 Å². The monoisotopic (exact) mass is 274 g/mol. The largest absolute Gasteiger partial charge is 0.489 e. The molecule has 0 spiro atoms. The van der Waals surface area contributed by atoms with E-state index in [-0.39, 0.29) is 0 Å². The van der Waals surface area contributed by atoms with Gasteiger partial charge in [-0.05, 0) is 35.9 Å². The van der Waals surface area contributed by atoms with Crippen LogP contribution in [0.15, 0.2) is 42.5 Å². The summed E-state index contributed by atoms with van der Waals surface area (Å²) in [5, 5.41) is 0.662. The van der Waals surface area contributed by atoms with Crippen LogP contribution in [0, 0.1) is 0 Å². The quantitative estimate of drug-likeness (QED) is 0.783. The summed E-state index contributed by atoms with van der Waals surface area (Å²) < 4.78 is 5.56. The lowest BCUT2D eigenvalue weighted by molar-refractivity contribution is 0.112. The van der Waals surface area contributed by atoms with Crippen molar-refractivity contribution in [1.29, 1.82) is 0 Å². The molecule has 0 saturated heterocycles. The molecule has 0 aromatic heterocycles. The molecule has 96 valence electrons. The van der Waals surface area contributed by atoms with E-state index in [4.69, 9.17) is 16.3 Å². The molecule has 4 heteroatoms. The lowest BCUT2D eigenvalue weighted by atomic mass is 10.1. The second kappa shape index (κ2) is 6.16. The fourth-order valence-electron chi connectivity index (χ4n) is 1.61. The molecule has 19 heavy (non-hydrogen) atoms. The number of aldehydes is 2. The molecular weight excluding hydrogens is 264 g/mol. The van der Waals surface area contributed by atoms with Gasteiger partial charge >= 0.3 is 0 Å². The van der Waals surface area contributed by atoms with Crippen LogP contribution in [-0.4, -0.2) is 12.6 Å². The number of carbonyl (C=O) groups is 2. The Kier molecular flexibility index (Phi) is 4.31. The van der Waals surface area contributed by atoms with Gasteiger partial charge in [-0.25, -0.2) is 0 Å². The van der Waals surface area contributed by atoms with Crippen molar-refractivity contribution in [2.75, 3.05) is 0 Å². The minimum absolute atomic E-state index is 0.345. The third kappa shape index (κ3) is 3.66. The highest BCUT2D eigenvalue weighted by Crippen LogP contribution is 2.18. The van der Waals surface area contributed by atoms with E-state index in [9.17, 15) is 9.59 Å². The summed E-state index contributed by atoms with van der Waals surface area (Å²) in [5.41, 5.74) is 1.78. The van der Waals surface area contributed by atoms with Crippen LogP contribution in [0.2, 0.25) is 5.02 Å². The Labute approximate surface area is 115 Å². The Morgan fingerprint density at radius 3 is 2.05 bits per heavy atom. The fraction of sp³-hybridized carbons (Fsp3) is 0.0667. The van der Waals surface area contributed by atoms with Crippen LogP contribution in [-0.2, 0) is 6.61 Å². The predicted octanol–water partition coefficient (Wildman–Crippen LogP) is 3.54. The van der Waals surface area contributed by atoms with Crippen molar-refractivity contribution < 1.29 is 14.3 Å². The molecule has 0 aliphatic rings. The van der Waals surface area contributed by atoms with E-state index < -0.39 is 0 Å². The Balaban J connectivity index is 2.12. The third-order valence-corrected chi connectivity index (χ3v) is 2.79. The van der Waals surface area contributed by atoms with Gasteiger partial charge in [-0.3, -0.25) is 9.59 Å². The number of carbonyl (C=O) groups excluding carboxylic acids is 2. The number of rotatable bonds is 5. The molecule has 3 nitrogen and oxygen atoms in total.